The molecular formula is C13H12N4. The van der Waals surface area contributed by atoms with Gasteiger partial charge in [0.1, 0.15) is 5.52 Å². The molecule has 0 atom stereocenters. The van der Waals surface area contributed by atoms with Crippen molar-refractivity contribution in [1.29, 1.82) is 0 Å². The van der Waals surface area contributed by atoms with Crippen LogP contribution in [-0.2, 0) is 6.54 Å². The fourth-order valence-electron chi connectivity index (χ4n) is 1.83. The zero-order valence-electron chi connectivity index (χ0n) is 9.24. The van der Waals surface area contributed by atoms with Crippen molar-refractivity contribution in [3.05, 3.63) is 54.1 Å². The summed E-state index contributed by atoms with van der Waals surface area (Å²) in [6.45, 7) is 0.709. The average Bonchev–Trinajstić information content (AvgIpc) is 2.76. The minimum Gasteiger partial charge on any atom is -0.399 e. The highest BCUT2D eigenvalue weighted by atomic mass is 15.4. The van der Waals surface area contributed by atoms with Crippen molar-refractivity contribution in [2.45, 2.75) is 6.54 Å². The summed E-state index contributed by atoms with van der Waals surface area (Å²) in [5.74, 6) is 0. The smallest absolute Gasteiger partial charge is 0.113 e. The summed E-state index contributed by atoms with van der Waals surface area (Å²) in [4.78, 5) is 0. The Morgan fingerprint density at radius 2 is 1.76 bits per heavy atom. The van der Waals surface area contributed by atoms with Crippen LogP contribution in [0.2, 0.25) is 0 Å². The summed E-state index contributed by atoms with van der Waals surface area (Å²) in [5, 5.41) is 8.27. The van der Waals surface area contributed by atoms with E-state index in [-0.39, 0.29) is 0 Å². The third kappa shape index (κ3) is 1.85. The number of benzene rings is 2. The average molecular weight is 224 g/mol. The van der Waals surface area contributed by atoms with E-state index in [1.165, 1.54) is 0 Å². The molecule has 0 aliphatic heterocycles. The summed E-state index contributed by atoms with van der Waals surface area (Å²) < 4.78 is 1.89. The van der Waals surface area contributed by atoms with Crippen molar-refractivity contribution >= 4 is 16.7 Å². The molecule has 0 aliphatic carbocycles. The lowest BCUT2D eigenvalue weighted by atomic mass is 10.2. The largest absolute Gasteiger partial charge is 0.399 e. The third-order valence-electron chi connectivity index (χ3n) is 2.73. The van der Waals surface area contributed by atoms with Crippen LogP contribution in [0.5, 0.6) is 0 Å². The van der Waals surface area contributed by atoms with Gasteiger partial charge in [-0.25, -0.2) is 4.68 Å². The highest BCUT2D eigenvalue weighted by Crippen LogP contribution is 2.13. The number of hydrogen-bond donors (Lipinski definition) is 1. The number of hydrogen-bond acceptors (Lipinski definition) is 3. The molecular weight excluding hydrogens is 212 g/mol. The summed E-state index contributed by atoms with van der Waals surface area (Å²) in [6, 6.07) is 15.7. The Morgan fingerprint density at radius 1 is 1.00 bits per heavy atom. The second-order valence-electron chi connectivity index (χ2n) is 3.98. The monoisotopic (exact) mass is 224 g/mol. The highest BCUT2D eigenvalue weighted by molar-refractivity contribution is 5.73. The second kappa shape index (κ2) is 3.90. The van der Waals surface area contributed by atoms with Gasteiger partial charge in [0.25, 0.3) is 0 Å². The molecule has 0 saturated heterocycles. The fourth-order valence-corrected chi connectivity index (χ4v) is 1.83. The molecule has 0 bridgehead atoms. The van der Waals surface area contributed by atoms with E-state index in [4.69, 9.17) is 5.73 Å². The lowest BCUT2D eigenvalue weighted by molar-refractivity contribution is 0.670. The summed E-state index contributed by atoms with van der Waals surface area (Å²) in [6.07, 6.45) is 0. The fraction of sp³-hybridized carbons (Fsp3) is 0.0769. The first-order chi connectivity index (χ1) is 8.33. The number of anilines is 1. The highest BCUT2D eigenvalue weighted by Gasteiger charge is 2.03. The van der Waals surface area contributed by atoms with E-state index >= 15 is 0 Å². The van der Waals surface area contributed by atoms with Crippen LogP contribution in [0.4, 0.5) is 5.69 Å². The van der Waals surface area contributed by atoms with Gasteiger partial charge in [0.05, 0.1) is 12.1 Å². The Hall–Kier alpha value is -2.36. The molecule has 0 unspecified atom stereocenters. The number of nitrogen functional groups attached to an aromatic ring is 1. The molecule has 3 aromatic rings. The van der Waals surface area contributed by atoms with Crippen molar-refractivity contribution in [3.63, 3.8) is 0 Å². The maximum atomic E-state index is 5.66. The third-order valence-corrected chi connectivity index (χ3v) is 2.73. The number of para-hydroxylation sites is 1. The van der Waals surface area contributed by atoms with E-state index in [9.17, 15) is 0 Å². The molecule has 3 rings (SSSR count). The Kier molecular flexibility index (Phi) is 2.26. The van der Waals surface area contributed by atoms with E-state index in [1.807, 2.05) is 53.2 Å². The van der Waals surface area contributed by atoms with Crippen LogP contribution < -0.4 is 5.73 Å². The van der Waals surface area contributed by atoms with Crippen molar-refractivity contribution < 1.29 is 0 Å². The molecule has 0 amide bonds. The van der Waals surface area contributed by atoms with E-state index in [0.29, 0.717) is 6.54 Å². The van der Waals surface area contributed by atoms with Gasteiger partial charge in [-0.1, -0.05) is 29.5 Å². The van der Waals surface area contributed by atoms with Crippen LogP contribution in [0.1, 0.15) is 5.56 Å². The predicted octanol–water partition coefficient (Wildman–Crippen LogP) is 2.06. The van der Waals surface area contributed by atoms with Crippen LogP contribution in [-0.4, -0.2) is 15.0 Å². The molecule has 0 spiro atoms. The molecule has 0 radical (unpaired) electrons. The molecule has 0 aliphatic rings. The Morgan fingerprint density at radius 3 is 2.59 bits per heavy atom. The molecule has 0 saturated carbocycles. The number of fused-ring (bicyclic) bond motifs is 1. The predicted molar refractivity (Wildman–Crippen MR) is 67.5 cm³/mol. The quantitative estimate of drug-likeness (QED) is 0.678. The van der Waals surface area contributed by atoms with Crippen LogP contribution in [0, 0.1) is 0 Å². The van der Waals surface area contributed by atoms with Crippen LogP contribution in [0.15, 0.2) is 48.5 Å². The standard InChI is InChI=1S/C13H12N4/c14-11-7-5-10(6-8-11)9-17-13-4-2-1-3-12(13)15-16-17/h1-8H,9,14H2. The first-order valence-electron chi connectivity index (χ1n) is 5.45. The molecule has 4 heteroatoms. The Bertz CT molecular complexity index is 640. The van der Waals surface area contributed by atoms with Gasteiger partial charge in [-0.2, -0.15) is 0 Å². The molecule has 1 aromatic heterocycles. The molecule has 0 fully saturated rings. The molecule has 17 heavy (non-hydrogen) atoms. The summed E-state index contributed by atoms with van der Waals surface area (Å²) in [7, 11) is 0. The molecule has 4 nitrogen and oxygen atoms in total. The van der Waals surface area contributed by atoms with Gasteiger partial charge < -0.3 is 5.73 Å². The Labute approximate surface area is 98.7 Å². The number of aromatic nitrogens is 3. The minimum atomic E-state index is 0.709. The first-order valence-corrected chi connectivity index (χ1v) is 5.45. The maximum absolute atomic E-state index is 5.66. The van der Waals surface area contributed by atoms with Gasteiger partial charge in [-0.3, -0.25) is 0 Å². The number of rotatable bonds is 2. The number of nitrogens with two attached hydrogens (primary N) is 1. The zero-order chi connectivity index (χ0) is 11.7. The van der Waals surface area contributed by atoms with Gasteiger partial charge in [-0.15, -0.1) is 5.10 Å². The SMILES string of the molecule is Nc1ccc(Cn2nnc3ccccc32)cc1. The topological polar surface area (TPSA) is 56.7 Å². The van der Waals surface area contributed by atoms with Gasteiger partial charge in [0.2, 0.25) is 0 Å². The number of nitrogens with zero attached hydrogens (tertiary/aromatic N) is 3. The van der Waals surface area contributed by atoms with E-state index in [0.717, 1.165) is 22.3 Å². The summed E-state index contributed by atoms with van der Waals surface area (Å²) >= 11 is 0. The second-order valence-corrected chi connectivity index (χ2v) is 3.98. The van der Waals surface area contributed by atoms with Crippen molar-refractivity contribution in [2.75, 3.05) is 5.73 Å². The van der Waals surface area contributed by atoms with Crippen molar-refractivity contribution in [1.82, 2.24) is 15.0 Å². The lowest BCUT2D eigenvalue weighted by Gasteiger charge is -2.02. The van der Waals surface area contributed by atoms with Gasteiger partial charge in [-0.05, 0) is 29.8 Å². The van der Waals surface area contributed by atoms with Crippen molar-refractivity contribution in [3.8, 4) is 0 Å². The van der Waals surface area contributed by atoms with E-state index < -0.39 is 0 Å². The van der Waals surface area contributed by atoms with Gasteiger partial charge in [0, 0.05) is 5.69 Å². The van der Waals surface area contributed by atoms with E-state index in [1.54, 1.807) is 0 Å². The van der Waals surface area contributed by atoms with E-state index in [2.05, 4.69) is 10.3 Å². The molecule has 84 valence electrons. The molecule has 2 N–H and O–H groups in total. The van der Waals surface area contributed by atoms with Crippen LogP contribution in [0.3, 0.4) is 0 Å². The van der Waals surface area contributed by atoms with Gasteiger partial charge in [0.15, 0.2) is 0 Å². The lowest BCUT2D eigenvalue weighted by Crippen LogP contribution is -2.01. The zero-order valence-corrected chi connectivity index (χ0v) is 9.24. The van der Waals surface area contributed by atoms with Crippen LogP contribution >= 0.6 is 0 Å². The summed E-state index contributed by atoms with van der Waals surface area (Å²) in [5.41, 5.74) is 9.56. The van der Waals surface area contributed by atoms with Crippen LogP contribution in [0.25, 0.3) is 11.0 Å². The molecule has 1 heterocycles. The van der Waals surface area contributed by atoms with Crippen molar-refractivity contribution in [2.24, 2.45) is 0 Å². The normalized spacial score (nSPS) is 10.8. The minimum absolute atomic E-state index is 0.709. The van der Waals surface area contributed by atoms with Gasteiger partial charge >= 0.3 is 0 Å². The Balaban J connectivity index is 1.97. The first kappa shape index (κ1) is 9.84. The maximum Gasteiger partial charge on any atom is 0.113 e. The molecule has 2 aromatic carbocycles.